The van der Waals surface area contributed by atoms with Crippen molar-refractivity contribution in [3.63, 3.8) is 0 Å². The molecule has 0 saturated heterocycles. The third-order valence-electron chi connectivity index (χ3n) is 4.16. The topological polar surface area (TPSA) is 12.0 Å². The summed E-state index contributed by atoms with van der Waals surface area (Å²) in [6, 6.07) is 0.810. The molecule has 1 N–H and O–H groups in total. The van der Waals surface area contributed by atoms with Gasteiger partial charge < -0.3 is 5.32 Å². The Kier molecular flexibility index (Phi) is 4.25. The molecular weight excluding hydrogens is 182 g/mol. The van der Waals surface area contributed by atoms with Gasteiger partial charge in [-0.2, -0.15) is 0 Å². The van der Waals surface area contributed by atoms with E-state index in [1.807, 2.05) is 0 Å². The second-order valence-electron chi connectivity index (χ2n) is 5.43. The summed E-state index contributed by atoms with van der Waals surface area (Å²) in [6.07, 6.45) is 14.4. The highest BCUT2D eigenvalue weighted by molar-refractivity contribution is 4.91. The van der Waals surface area contributed by atoms with Crippen LogP contribution < -0.4 is 5.32 Å². The standard InChI is InChI=1S/C14H25N/c1-12-7-5-6-10-14(12)15-11-13-8-3-2-4-9-13/h2-3,12-15H,4-11H2,1H3. The summed E-state index contributed by atoms with van der Waals surface area (Å²) in [5, 5.41) is 3.81. The van der Waals surface area contributed by atoms with E-state index in [1.165, 1.54) is 51.5 Å². The lowest BCUT2D eigenvalue weighted by molar-refractivity contribution is 0.264. The van der Waals surface area contributed by atoms with E-state index < -0.39 is 0 Å². The predicted octanol–water partition coefficient (Wildman–Crippen LogP) is 3.51. The van der Waals surface area contributed by atoms with Crippen LogP contribution in [-0.2, 0) is 0 Å². The average molecular weight is 207 g/mol. The second kappa shape index (κ2) is 5.69. The third kappa shape index (κ3) is 3.34. The van der Waals surface area contributed by atoms with Crippen molar-refractivity contribution in [3.8, 4) is 0 Å². The lowest BCUT2D eigenvalue weighted by Gasteiger charge is -2.31. The molecule has 1 nitrogen and oxygen atoms in total. The zero-order valence-electron chi connectivity index (χ0n) is 10.0. The minimum Gasteiger partial charge on any atom is -0.313 e. The van der Waals surface area contributed by atoms with Crippen molar-refractivity contribution in [2.75, 3.05) is 6.54 Å². The molecule has 0 radical (unpaired) electrons. The van der Waals surface area contributed by atoms with Crippen molar-refractivity contribution in [2.45, 2.75) is 57.9 Å². The Morgan fingerprint density at radius 1 is 1.13 bits per heavy atom. The normalized spacial score (nSPS) is 36.7. The molecule has 1 saturated carbocycles. The molecular formula is C14H25N. The zero-order chi connectivity index (χ0) is 10.5. The van der Waals surface area contributed by atoms with Crippen molar-refractivity contribution >= 4 is 0 Å². The second-order valence-corrected chi connectivity index (χ2v) is 5.43. The van der Waals surface area contributed by atoms with E-state index in [0.717, 1.165) is 17.9 Å². The van der Waals surface area contributed by atoms with Crippen molar-refractivity contribution in [1.82, 2.24) is 5.32 Å². The Hall–Kier alpha value is -0.300. The number of rotatable bonds is 3. The van der Waals surface area contributed by atoms with Gasteiger partial charge in [0.15, 0.2) is 0 Å². The molecule has 3 atom stereocenters. The molecule has 0 aromatic heterocycles. The quantitative estimate of drug-likeness (QED) is 0.698. The summed E-state index contributed by atoms with van der Waals surface area (Å²) in [6.45, 7) is 3.66. The van der Waals surface area contributed by atoms with Crippen molar-refractivity contribution in [2.24, 2.45) is 11.8 Å². The van der Waals surface area contributed by atoms with E-state index in [0.29, 0.717) is 0 Å². The highest BCUT2D eigenvalue weighted by Crippen LogP contribution is 2.24. The van der Waals surface area contributed by atoms with Gasteiger partial charge in [-0.15, -0.1) is 0 Å². The fraction of sp³-hybridized carbons (Fsp3) is 0.857. The van der Waals surface area contributed by atoms with Gasteiger partial charge in [0.25, 0.3) is 0 Å². The number of hydrogen-bond acceptors (Lipinski definition) is 1. The first-order chi connectivity index (χ1) is 7.36. The highest BCUT2D eigenvalue weighted by Gasteiger charge is 2.21. The molecule has 0 aromatic carbocycles. The SMILES string of the molecule is CC1CCCCC1NCC1CC=CCC1. The van der Waals surface area contributed by atoms with E-state index in [1.54, 1.807) is 0 Å². The molecule has 86 valence electrons. The van der Waals surface area contributed by atoms with E-state index in [4.69, 9.17) is 0 Å². The lowest BCUT2D eigenvalue weighted by atomic mass is 9.85. The summed E-state index contributed by atoms with van der Waals surface area (Å²) >= 11 is 0. The fourth-order valence-electron chi connectivity index (χ4n) is 2.98. The molecule has 0 aliphatic heterocycles. The molecule has 1 heteroatoms. The molecule has 15 heavy (non-hydrogen) atoms. The molecule has 2 aliphatic carbocycles. The largest absolute Gasteiger partial charge is 0.313 e. The Balaban J connectivity index is 1.69. The number of nitrogens with one attached hydrogen (secondary N) is 1. The van der Waals surface area contributed by atoms with E-state index in [-0.39, 0.29) is 0 Å². The number of hydrogen-bond donors (Lipinski definition) is 1. The molecule has 3 unspecified atom stereocenters. The fourth-order valence-corrected chi connectivity index (χ4v) is 2.98. The van der Waals surface area contributed by atoms with Crippen LogP contribution in [0.5, 0.6) is 0 Å². The highest BCUT2D eigenvalue weighted by atomic mass is 14.9. The molecule has 0 bridgehead atoms. The van der Waals surface area contributed by atoms with Crippen LogP contribution in [0.15, 0.2) is 12.2 Å². The van der Waals surface area contributed by atoms with Crippen LogP contribution in [0.4, 0.5) is 0 Å². The van der Waals surface area contributed by atoms with Crippen LogP contribution >= 0.6 is 0 Å². The van der Waals surface area contributed by atoms with Crippen LogP contribution in [0.1, 0.15) is 51.9 Å². The molecule has 2 aliphatic rings. The maximum atomic E-state index is 3.81. The Labute approximate surface area is 94.3 Å². The first-order valence-corrected chi connectivity index (χ1v) is 6.74. The summed E-state index contributed by atoms with van der Waals surface area (Å²) in [7, 11) is 0. The molecule has 0 spiro atoms. The Morgan fingerprint density at radius 3 is 2.73 bits per heavy atom. The molecule has 1 fully saturated rings. The van der Waals surface area contributed by atoms with Gasteiger partial charge in [-0.3, -0.25) is 0 Å². The van der Waals surface area contributed by atoms with Crippen LogP contribution in [0.2, 0.25) is 0 Å². The molecule has 0 aromatic rings. The van der Waals surface area contributed by atoms with Gasteiger partial charge in [-0.05, 0) is 50.5 Å². The van der Waals surface area contributed by atoms with Crippen LogP contribution in [0.25, 0.3) is 0 Å². The van der Waals surface area contributed by atoms with Gasteiger partial charge in [0.1, 0.15) is 0 Å². The minimum atomic E-state index is 0.810. The number of allylic oxidation sites excluding steroid dienone is 2. The maximum absolute atomic E-state index is 3.81. The van der Waals surface area contributed by atoms with Crippen LogP contribution in [0, 0.1) is 11.8 Å². The monoisotopic (exact) mass is 207 g/mol. The molecule has 0 amide bonds. The maximum Gasteiger partial charge on any atom is 0.00928 e. The van der Waals surface area contributed by atoms with Gasteiger partial charge in [-0.25, -0.2) is 0 Å². The zero-order valence-corrected chi connectivity index (χ0v) is 10.0. The Bertz CT molecular complexity index is 209. The predicted molar refractivity (Wildman–Crippen MR) is 65.9 cm³/mol. The summed E-state index contributed by atoms with van der Waals surface area (Å²) < 4.78 is 0. The minimum absolute atomic E-state index is 0.810. The van der Waals surface area contributed by atoms with Crippen LogP contribution in [0.3, 0.4) is 0 Å². The average Bonchev–Trinajstić information content (AvgIpc) is 2.29. The van der Waals surface area contributed by atoms with Gasteiger partial charge in [0.05, 0.1) is 0 Å². The summed E-state index contributed by atoms with van der Waals surface area (Å²) in [5.41, 5.74) is 0. The first-order valence-electron chi connectivity index (χ1n) is 6.74. The summed E-state index contributed by atoms with van der Waals surface area (Å²) in [4.78, 5) is 0. The van der Waals surface area contributed by atoms with E-state index in [9.17, 15) is 0 Å². The summed E-state index contributed by atoms with van der Waals surface area (Å²) in [5.74, 6) is 1.81. The van der Waals surface area contributed by atoms with Crippen molar-refractivity contribution < 1.29 is 0 Å². The van der Waals surface area contributed by atoms with Crippen molar-refractivity contribution in [3.05, 3.63) is 12.2 Å². The van der Waals surface area contributed by atoms with Crippen molar-refractivity contribution in [1.29, 1.82) is 0 Å². The van der Waals surface area contributed by atoms with Gasteiger partial charge in [0, 0.05) is 6.04 Å². The van der Waals surface area contributed by atoms with E-state index >= 15 is 0 Å². The molecule has 2 rings (SSSR count). The van der Waals surface area contributed by atoms with E-state index in [2.05, 4.69) is 24.4 Å². The smallest absolute Gasteiger partial charge is 0.00928 e. The Morgan fingerprint density at radius 2 is 2.00 bits per heavy atom. The first kappa shape index (κ1) is 11.2. The van der Waals surface area contributed by atoms with Gasteiger partial charge in [-0.1, -0.05) is 31.9 Å². The lowest BCUT2D eigenvalue weighted by Crippen LogP contribution is -2.39. The molecule has 0 heterocycles. The van der Waals surface area contributed by atoms with Crippen LogP contribution in [-0.4, -0.2) is 12.6 Å². The van der Waals surface area contributed by atoms with Gasteiger partial charge >= 0.3 is 0 Å². The van der Waals surface area contributed by atoms with Gasteiger partial charge in [0.2, 0.25) is 0 Å². The third-order valence-corrected chi connectivity index (χ3v) is 4.16.